The highest BCUT2D eigenvalue weighted by Crippen LogP contribution is 2.33. The van der Waals surface area contributed by atoms with Crippen molar-refractivity contribution in [2.24, 2.45) is 5.11 Å². The molecule has 2 amide bonds. The van der Waals surface area contributed by atoms with Gasteiger partial charge in [-0.05, 0) is 65.1 Å². The number of hydrogen-bond acceptors (Lipinski definition) is 7. The fraction of sp³-hybridized carbons (Fsp3) is 0.346. The topological polar surface area (TPSA) is 123 Å². The number of nitrogens with zero attached hydrogens (tertiary/aromatic N) is 8. The molecule has 11 heteroatoms. The molecule has 0 spiro atoms. The van der Waals surface area contributed by atoms with Crippen LogP contribution in [0.2, 0.25) is 0 Å². The third-order valence-corrected chi connectivity index (χ3v) is 6.71. The number of piperazine rings is 1. The Balaban J connectivity index is 1.18. The van der Waals surface area contributed by atoms with Gasteiger partial charge in [-0.25, -0.2) is 14.8 Å². The molecule has 2 aliphatic heterocycles. The van der Waals surface area contributed by atoms with E-state index in [0.29, 0.717) is 12.3 Å². The molecule has 0 unspecified atom stereocenters. The van der Waals surface area contributed by atoms with Gasteiger partial charge >= 0.3 is 6.03 Å². The van der Waals surface area contributed by atoms with Gasteiger partial charge in [-0.3, -0.25) is 9.80 Å². The Hall–Kier alpha value is -4.18. The second kappa shape index (κ2) is 11.3. The highest BCUT2D eigenvalue weighted by molar-refractivity contribution is 6.03. The number of likely N-dealkylation sites (N-methyl/N-ethyl adjacent to an activating group) is 1. The summed E-state index contributed by atoms with van der Waals surface area (Å²) in [5, 5.41) is 6.48. The molecular formula is C26H29N9O2. The van der Waals surface area contributed by atoms with Gasteiger partial charge in [-0.1, -0.05) is 19.1 Å². The molecule has 2 aliphatic rings. The largest absolute Gasteiger partial charge is 0.439 e. The van der Waals surface area contributed by atoms with Crippen molar-refractivity contribution in [2.45, 2.75) is 19.9 Å². The number of urea groups is 1. The summed E-state index contributed by atoms with van der Waals surface area (Å²) in [7, 11) is 0. The van der Waals surface area contributed by atoms with Crippen LogP contribution in [0.15, 0.2) is 60.0 Å². The summed E-state index contributed by atoms with van der Waals surface area (Å²) >= 11 is 0. The molecule has 0 radical (unpaired) electrons. The Morgan fingerprint density at radius 3 is 2.59 bits per heavy atom. The Morgan fingerprint density at radius 1 is 1.05 bits per heavy atom. The van der Waals surface area contributed by atoms with Crippen LogP contribution in [0.3, 0.4) is 0 Å². The lowest BCUT2D eigenvalue weighted by molar-refractivity contribution is 0.132. The van der Waals surface area contributed by atoms with Gasteiger partial charge in [0, 0.05) is 61.6 Å². The van der Waals surface area contributed by atoms with Gasteiger partial charge in [-0.2, -0.15) is 0 Å². The number of carbonyl (C=O) groups excluding carboxylic acids is 1. The highest BCUT2D eigenvalue weighted by Gasteiger charge is 2.25. The first-order valence-electron chi connectivity index (χ1n) is 12.4. The molecule has 1 saturated heterocycles. The van der Waals surface area contributed by atoms with Crippen LogP contribution in [0.25, 0.3) is 10.4 Å². The standard InChI is InChI=1S/C26H29N9O2/c1-2-33-11-13-34(14-12-33)17-19-3-5-21(6-4-19)30-26(36)35-10-9-20-15-22(7-8-23(20)35)37-25-16-24(31-32-27)28-18-29-25/h3-8,15-16,18H,2,9-14,17H2,1H3,(H,30,36). The molecule has 1 N–H and O–H groups in total. The summed E-state index contributed by atoms with van der Waals surface area (Å²) in [6.07, 6.45) is 2.00. The van der Waals surface area contributed by atoms with Crippen molar-refractivity contribution in [3.8, 4) is 11.6 Å². The van der Waals surface area contributed by atoms with Crippen molar-refractivity contribution in [3.63, 3.8) is 0 Å². The zero-order chi connectivity index (χ0) is 25.6. The number of hydrogen-bond donors (Lipinski definition) is 1. The number of amides is 2. The van der Waals surface area contributed by atoms with E-state index < -0.39 is 0 Å². The minimum atomic E-state index is -0.161. The average molecular weight is 500 g/mol. The first-order valence-corrected chi connectivity index (χ1v) is 12.4. The zero-order valence-corrected chi connectivity index (χ0v) is 20.7. The van der Waals surface area contributed by atoms with E-state index in [1.165, 1.54) is 18.0 Å². The number of aromatic nitrogens is 2. The molecule has 0 aliphatic carbocycles. The van der Waals surface area contributed by atoms with Crippen LogP contribution in [0.4, 0.5) is 22.0 Å². The molecule has 1 aromatic heterocycles. The van der Waals surface area contributed by atoms with Crippen molar-refractivity contribution in [1.29, 1.82) is 0 Å². The number of anilines is 2. The van der Waals surface area contributed by atoms with Crippen LogP contribution < -0.4 is 15.0 Å². The average Bonchev–Trinajstić information content (AvgIpc) is 3.34. The number of benzene rings is 2. The first-order chi connectivity index (χ1) is 18.1. The molecule has 3 aromatic rings. The van der Waals surface area contributed by atoms with Crippen LogP contribution in [0, 0.1) is 0 Å². The summed E-state index contributed by atoms with van der Waals surface area (Å²) in [6.45, 7) is 9.25. The van der Waals surface area contributed by atoms with Gasteiger partial charge < -0.3 is 15.0 Å². The second-order valence-corrected chi connectivity index (χ2v) is 9.04. The molecule has 1 fully saturated rings. The lowest BCUT2D eigenvalue weighted by Gasteiger charge is -2.34. The van der Waals surface area contributed by atoms with E-state index in [1.54, 1.807) is 11.0 Å². The molecule has 11 nitrogen and oxygen atoms in total. The lowest BCUT2D eigenvalue weighted by Crippen LogP contribution is -2.45. The SMILES string of the molecule is CCN1CCN(Cc2ccc(NC(=O)N3CCc4cc(Oc5cc(N=[N+]=[N-])ncn5)ccc43)cc2)CC1. The van der Waals surface area contributed by atoms with Crippen molar-refractivity contribution >= 4 is 23.2 Å². The molecule has 5 rings (SSSR count). The van der Waals surface area contributed by atoms with Gasteiger partial charge in [-0.15, -0.1) is 0 Å². The van der Waals surface area contributed by atoms with Gasteiger partial charge in [0.25, 0.3) is 0 Å². The quantitative estimate of drug-likeness (QED) is 0.279. The molecule has 37 heavy (non-hydrogen) atoms. The molecule has 190 valence electrons. The lowest BCUT2D eigenvalue weighted by atomic mass is 10.1. The van der Waals surface area contributed by atoms with Gasteiger partial charge in [0.05, 0.1) is 0 Å². The maximum absolute atomic E-state index is 13.0. The van der Waals surface area contributed by atoms with E-state index in [1.807, 2.05) is 24.3 Å². The number of carbonyl (C=O) groups is 1. The van der Waals surface area contributed by atoms with Crippen molar-refractivity contribution in [3.05, 3.63) is 76.4 Å². The molecule has 0 bridgehead atoms. The second-order valence-electron chi connectivity index (χ2n) is 9.04. The summed E-state index contributed by atoms with van der Waals surface area (Å²) < 4.78 is 5.80. The fourth-order valence-electron chi connectivity index (χ4n) is 4.67. The molecule has 0 saturated carbocycles. The predicted molar refractivity (Wildman–Crippen MR) is 141 cm³/mol. The minimum Gasteiger partial charge on any atom is -0.439 e. The van der Waals surface area contributed by atoms with E-state index in [0.717, 1.165) is 62.6 Å². The van der Waals surface area contributed by atoms with Crippen LogP contribution in [0.5, 0.6) is 11.6 Å². The third kappa shape index (κ3) is 5.97. The van der Waals surface area contributed by atoms with E-state index in [2.05, 4.69) is 54.2 Å². The van der Waals surface area contributed by atoms with Crippen LogP contribution >= 0.6 is 0 Å². The number of rotatable bonds is 7. The van der Waals surface area contributed by atoms with Crippen LogP contribution in [-0.4, -0.2) is 65.1 Å². The zero-order valence-electron chi connectivity index (χ0n) is 20.7. The van der Waals surface area contributed by atoms with Crippen LogP contribution in [0.1, 0.15) is 18.1 Å². The monoisotopic (exact) mass is 499 g/mol. The Labute approximate surface area is 215 Å². The molecule has 3 heterocycles. The molecule has 2 aromatic carbocycles. The Kier molecular flexibility index (Phi) is 7.46. The fourth-order valence-corrected chi connectivity index (χ4v) is 4.67. The smallest absolute Gasteiger partial charge is 0.326 e. The van der Waals surface area contributed by atoms with Crippen molar-refractivity contribution in [2.75, 3.05) is 49.5 Å². The maximum Gasteiger partial charge on any atom is 0.326 e. The summed E-state index contributed by atoms with van der Waals surface area (Å²) in [6, 6.07) is 15.0. The Morgan fingerprint density at radius 2 is 1.84 bits per heavy atom. The van der Waals surface area contributed by atoms with E-state index in [4.69, 9.17) is 10.3 Å². The predicted octanol–water partition coefficient (Wildman–Crippen LogP) is 4.94. The summed E-state index contributed by atoms with van der Waals surface area (Å²) in [5.74, 6) is 1.04. The van der Waals surface area contributed by atoms with E-state index >= 15 is 0 Å². The normalized spacial score (nSPS) is 15.6. The van der Waals surface area contributed by atoms with Gasteiger partial charge in [0.1, 0.15) is 17.9 Å². The molecular weight excluding hydrogens is 470 g/mol. The summed E-state index contributed by atoms with van der Waals surface area (Å²) in [5.41, 5.74) is 12.5. The third-order valence-electron chi connectivity index (χ3n) is 6.71. The van der Waals surface area contributed by atoms with Crippen molar-refractivity contribution in [1.82, 2.24) is 19.8 Å². The van der Waals surface area contributed by atoms with E-state index in [-0.39, 0.29) is 17.7 Å². The Bertz CT molecular complexity index is 1300. The number of fused-ring (bicyclic) bond motifs is 1. The number of azide groups is 1. The minimum absolute atomic E-state index is 0.161. The van der Waals surface area contributed by atoms with Gasteiger partial charge in [0.15, 0.2) is 0 Å². The van der Waals surface area contributed by atoms with E-state index in [9.17, 15) is 4.79 Å². The number of nitrogens with one attached hydrogen (secondary N) is 1. The first kappa shape index (κ1) is 24.5. The maximum atomic E-state index is 13.0. The van der Waals surface area contributed by atoms with Gasteiger partial charge in [0.2, 0.25) is 5.88 Å². The summed E-state index contributed by atoms with van der Waals surface area (Å²) in [4.78, 5) is 30.3. The highest BCUT2D eigenvalue weighted by atomic mass is 16.5. The molecule has 0 atom stereocenters. The van der Waals surface area contributed by atoms with Crippen molar-refractivity contribution < 1.29 is 9.53 Å². The van der Waals surface area contributed by atoms with Crippen LogP contribution in [-0.2, 0) is 13.0 Å². The number of ether oxygens (including phenoxy) is 1.